The molecule has 1 aliphatic rings. The highest BCUT2D eigenvalue weighted by Gasteiger charge is 2.42. The number of hydrogen-bond donors (Lipinski definition) is 2. The number of ether oxygens (including phenoxy) is 1. The van der Waals surface area contributed by atoms with Crippen molar-refractivity contribution in [2.75, 3.05) is 0 Å². The van der Waals surface area contributed by atoms with Crippen molar-refractivity contribution in [3.63, 3.8) is 0 Å². The summed E-state index contributed by atoms with van der Waals surface area (Å²) in [6, 6.07) is 0. The third-order valence-corrected chi connectivity index (χ3v) is 2.93. The van der Waals surface area contributed by atoms with Crippen molar-refractivity contribution in [2.45, 2.75) is 52.1 Å². The SMILES string of the molecule is CC(C)[C@@H](O)[C@H]1O[C@@H](C)[C@H](O)[C@@H]1C. The molecule has 1 aliphatic heterocycles. The molecule has 0 amide bonds. The van der Waals surface area contributed by atoms with Crippen molar-refractivity contribution in [1.82, 2.24) is 0 Å². The first-order chi connectivity index (χ1) is 5.95. The van der Waals surface area contributed by atoms with E-state index in [1.807, 2.05) is 27.7 Å². The fourth-order valence-corrected chi connectivity index (χ4v) is 1.84. The van der Waals surface area contributed by atoms with Crippen LogP contribution in [-0.4, -0.2) is 34.6 Å². The Balaban J connectivity index is 2.62. The van der Waals surface area contributed by atoms with E-state index >= 15 is 0 Å². The molecule has 5 atom stereocenters. The zero-order valence-corrected chi connectivity index (χ0v) is 8.77. The van der Waals surface area contributed by atoms with E-state index in [0.29, 0.717) is 0 Å². The fourth-order valence-electron chi connectivity index (χ4n) is 1.84. The molecule has 0 aromatic heterocycles. The zero-order valence-electron chi connectivity index (χ0n) is 8.77. The topological polar surface area (TPSA) is 49.7 Å². The molecule has 13 heavy (non-hydrogen) atoms. The largest absolute Gasteiger partial charge is 0.390 e. The molecule has 1 rings (SSSR count). The first-order valence-corrected chi connectivity index (χ1v) is 4.96. The molecule has 0 aromatic carbocycles. The average molecular weight is 188 g/mol. The summed E-state index contributed by atoms with van der Waals surface area (Å²) in [4.78, 5) is 0. The lowest BCUT2D eigenvalue weighted by Gasteiger charge is -2.24. The van der Waals surface area contributed by atoms with Gasteiger partial charge in [0, 0.05) is 5.92 Å². The van der Waals surface area contributed by atoms with Gasteiger partial charge in [-0.3, -0.25) is 0 Å². The Morgan fingerprint density at radius 3 is 2.08 bits per heavy atom. The van der Waals surface area contributed by atoms with Crippen molar-refractivity contribution in [1.29, 1.82) is 0 Å². The van der Waals surface area contributed by atoms with E-state index in [2.05, 4.69) is 0 Å². The van der Waals surface area contributed by atoms with Crippen LogP contribution in [0.5, 0.6) is 0 Å². The van der Waals surface area contributed by atoms with E-state index < -0.39 is 12.2 Å². The third kappa shape index (κ3) is 2.03. The first-order valence-electron chi connectivity index (χ1n) is 4.96. The van der Waals surface area contributed by atoms with Crippen molar-refractivity contribution < 1.29 is 14.9 Å². The Hall–Kier alpha value is -0.120. The monoisotopic (exact) mass is 188 g/mol. The molecule has 0 bridgehead atoms. The summed E-state index contributed by atoms with van der Waals surface area (Å²) >= 11 is 0. The molecular formula is C10H20O3. The maximum atomic E-state index is 9.80. The summed E-state index contributed by atoms with van der Waals surface area (Å²) in [6.07, 6.45) is -1.30. The highest BCUT2D eigenvalue weighted by atomic mass is 16.5. The van der Waals surface area contributed by atoms with Gasteiger partial charge in [0.15, 0.2) is 0 Å². The summed E-state index contributed by atoms with van der Waals surface area (Å²) in [5.74, 6) is 0.192. The second-order valence-corrected chi connectivity index (χ2v) is 4.39. The van der Waals surface area contributed by atoms with Crippen molar-refractivity contribution in [3.05, 3.63) is 0 Å². The van der Waals surface area contributed by atoms with Gasteiger partial charge in [-0.15, -0.1) is 0 Å². The van der Waals surface area contributed by atoms with Gasteiger partial charge in [0.1, 0.15) is 0 Å². The maximum absolute atomic E-state index is 9.80. The van der Waals surface area contributed by atoms with Crippen LogP contribution in [0, 0.1) is 11.8 Å². The molecule has 3 nitrogen and oxygen atoms in total. The van der Waals surface area contributed by atoms with E-state index in [9.17, 15) is 10.2 Å². The molecule has 0 radical (unpaired) electrons. The molecule has 3 heteroatoms. The predicted octanol–water partition coefficient (Wildman–Crippen LogP) is 0.788. The lowest BCUT2D eigenvalue weighted by Crippen LogP contribution is -2.35. The molecule has 0 aromatic rings. The van der Waals surface area contributed by atoms with Gasteiger partial charge in [-0.25, -0.2) is 0 Å². The Morgan fingerprint density at radius 1 is 1.23 bits per heavy atom. The summed E-state index contributed by atoms with van der Waals surface area (Å²) in [6.45, 7) is 7.67. The second-order valence-electron chi connectivity index (χ2n) is 4.39. The van der Waals surface area contributed by atoms with Crippen LogP contribution in [0.1, 0.15) is 27.7 Å². The Kier molecular flexibility index (Phi) is 3.33. The number of rotatable bonds is 2. The number of aliphatic hydroxyl groups is 2. The van der Waals surface area contributed by atoms with Gasteiger partial charge < -0.3 is 14.9 Å². The normalized spacial score (nSPS) is 42.7. The lowest BCUT2D eigenvalue weighted by atomic mass is 9.90. The van der Waals surface area contributed by atoms with Crippen LogP contribution in [0.3, 0.4) is 0 Å². The summed E-state index contributed by atoms with van der Waals surface area (Å²) in [5, 5.41) is 19.4. The van der Waals surface area contributed by atoms with E-state index in [1.54, 1.807) is 0 Å². The van der Waals surface area contributed by atoms with Gasteiger partial charge in [-0.2, -0.15) is 0 Å². The fraction of sp³-hybridized carbons (Fsp3) is 1.00. The van der Waals surface area contributed by atoms with E-state index in [-0.39, 0.29) is 24.0 Å². The van der Waals surface area contributed by atoms with Crippen LogP contribution < -0.4 is 0 Å². The molecule has 0 spiro atoms. The number of aliphatic hydroxyl groups excluding tert-OH is 2. The van der Waals surface area contributed by atoms with Crippen LogP contribution in [0.2, 0.25) is 0 Å². The maximum Gasteiger partial charge on any atom is 0.0892 e. The van der Waals surface area contributed by atoms with Gasteiger partial charge >= 0.3 is 0 Å². The molecule has 1 saturated heterocycles. The molecule has 78 valence electrons. The van der Waals surface area contributed by atoms with Crippen LogP contribution in [0.15, 0.2) is 0 Å². The molecule has 0 unspecified atom stereocenters. The summed E-state index contributed by atoms with van der Waals surface area (Å²) < 4.78 is 5.51. The summed E-state index contributed by atoms with van der Waals surface area (Å²) in [5.41, 5.74) is 0. The van der Waals surface area contributed by atoms with Crippen LogP contribution in [-0.2, 0) is 4.74 Å². The van der Waals surface area contributed by atoms with Crippen molar-refractivity contribution in [2.24, 2.45) is 11.8 Å². The lowest BCUT2D eigenvalue weighted by molar-refractivity contribution is -0.0599. The minimum absolute atomic E-state index is 0.0207. The molecule has 0 aliphatic carbocycles. The molecule has 1 heterocycles. The molecule has 0 saturated carbocycles. The third-order valence-electron chi connectivity index (χ3n) is 2.93. The van der Waals surface area contributed by atoms with E-state index in [1.165, 1.54) is 0 Å². The molecular weight excluding hydrogens is 168 g/mol. The number of hydrogen-bond acceptors (Lipinski definition) is 3. The predicted molar refractivity (Wildman–Crippen MR) is 50.4 cm³/mol. The smallest absolute Gasteiger partial charge is 0.0892 e. The highest BCUT2D eigenvalue weighted by molar-refractivity contribution is 4.90. The van der Waals surface area contributed by atoms with Gasteiger partial charge in [-0.1, -0.05) is 20.8 Å². The van der Waals surface area contributed by atoms with Crippen LogP contribution >= 0.6 is 0 Å². The van der Waals surface area contributed by atoms with Crippen LogP contribution in [0.25, 0.3) is 0 Å². The average Bonchev–Trinajstić information content (AvgIpc) is 2.31. The van der Waals surface area contributed by atoms with E-state index in [0.717, 1.165) is 0 Å². The molecule has 2 N–H and O–H groups in total. The minimum atomic E-state index is -0.477. The van der Waals surface area contributed by atoms with E-state index in [4.69, 9.17) is 4.74 Å². The van der Waals surface area contributed by atoms with Crippen molar-refractivity contribution >= 4 is 0 Å². The van der Waals surface area contributed by atoms with Crippen molar-refractivity contribution in [3.8, 4) is 0 Å². The standard InChI is InChI=1S/C10H20O3/c1-5(2)8(11)10-6(3)9(12)7(4)13-10/h5-12H,1-4H3/t6-,7-,8+,9+,10-/m0/s1. The Labute approximate surface area is 79.7 Å². The van der Waals surface area contributed by atoms with Gasteiger partial charge in [0.25, 0.3) is 0 Å². The van der Waals surface area contributed by atoms with Gasteiger partial charge in [0.05, 0.1) is 24.4 Å². The van der Waals surface area contributed by atoms with Gasteiger partial charge in [-0.05, 0) is 12.8 Å². The quantitative estimate of drug-likeness (QED) is 0.673. The van der Waals surface area contributed by atoms with Crippen LogP contribution in [0.4, 0.5) is 0 Å². The minimum Gasteiger partial charge on any atom is -0.390 e. The van der Waals surface area contributed by atoms with Gasteiger partial charge in [0.2, 0.25) is 0 Å². The first kappa shape index (κ1) is 11.0. The Morgan fingerprint density at radius 2 is 1.77 bits per heavy atom. The highest BCUT2D eigenvalue weighted by Crippen LogP contribution is 2.30. The zero-order chi connectivity index (χ0) is 10.2. The Bertz CT molecular complexity index is 166. The second kappa shape index (κ2) is 3.95. The molecule has 1 fully saturated rings. The summed E-state index contributed by atoms with van der Waals surface area (Å²) in [7, 11) is 0.